The van der Waals surface area contributed by atoms with Gasteiger partial charge < -0.3 is 20.1 Å². The van der Waals surface area contributed by atoms with E-state index < -0.39 is 17.9 Å². The maximum Gasteiger partial charge on any atom is 0.319 e. The zero-order valence-electron chi connectivity index (χ0n) is 18.5. The molecule has 0 aliphatic carbocycles. The van der Waals surface area contributed by atoms with Crippen LogP contribution in [0.3, 0.4) is 0 Å². The molecule has 9 nitrogen and oxygen atoms in total. The predicted octanol–water partition coefficient (Wildman–Crippen LogP) is 4.45. The molecule has 2 heterocycles. The highest BCUT2D eigenvalue weighted by Gasteiger charge is 2.22. The van der Waals surface area contributed by atoms with Gasteiger partial charge in [0.2, 0.25) is 0 Å². The number of anilines is 1. The molecule has 4 aromatic rings. The Morgan fingerprint density at radius 2 is 1.89 bits per heavy atom. The molecule has 11 heteroatoms. The number of fused-ring (bicyclic) bond motifs is 1. The molecule has 1 aromatic heterocycles. The van der Waals surface area contributed by atoms with Crippen LogP contribution in [0, 0.1) is 12.7 Å². The Hall–Kier alpha value is -4.18. The van der Waals surface area contributed by atoms with Gasteiger partial charge in [-0.25, -0.2) is 9.18 Å². The SMILES string of the molecule is Cc1nnnn1-c1cc(NC(=O)NC(c2ccc3c(c2)OCCO3)c2ccccc2Cl)ccc1F. The van der Waals surface area contributed by atoms with E-state index >= 15 is 0 Å². The number of ether oxygens (including phenoxy) is 2. The first kappa shape index (κ1) is 22.6. The minimum Gasteiger partial charge on any atom is -0.486 e. The van der Waals surface area contributed by atoms with Crippen molar-refractivity contribution < 1.29 is 18.7 Å². The summed E-state index contributed by atoms with van der Waals surface area (Å²) in [6.45, 7) is 2.56. The van der Waals surface area contributed by atoms with E-state index in [1.807, 2.05) is 30.3 Å². The fraction of sp³-hybridized carbons (Fsp3) is 0.167. The van der Waals surface area contributed by atoms with Crippen molar-refractivity contribution in [1.29, 1.82) is 0 Å². The molecule has 0 fully saturated rings. The second kappa shape index (κ2) is 9.59. The zero-order valence-corrected chi connectivity index (χ0v) is 19.3. The van der Waals surface area contributed by atoms with Crippen molar-refractivity contribution in [1.82, 2.24) is 25.5 Å². The molecule has 35 heavy (non-hydrogen) atoms. The summed E-state index contributed by atoms with van der Waals surface area (Å²) in [7, 11) is 0. The summed E-state index contributed by atoms with van der Waals surface area (Å²) < 4.78 is 27.0. The highest BCUT2D eigenvalue weighted by molar-refractivity contribution is 6.31. The second-order valence-corrected chi connectivity index (χ2v) is 8.17. The number of hydrogen-bond donors (Lipinski definition) is 2. The number of benzene rings is 3. The number of aromatic nitrogens is 4. The van der Waals surface area contributed by atoms with Crippen molar-refractivity contribution >= 4 is 23.3 Å². The summed E-state index contributed by atoms with van der Waals surface area (Å²) >= 11 is 6.48. The maximum absolute atomic E-state index is 14.4. The molecule has 0 spiro atoms. The van der Waals surface area contributed by atoms with Gasteiger partial charge in [-0.3, -0.25) is 0 Å². The van der Waals surface area contributed by atoms with Gasteiger partial charge in [-0.05, 0) is 64.9 Å². The van der Waals surface area contributed by atoms with Gasteiger partial charge in [0.25, 0.3) is 0 Å². The Morgan fingerprint density at radius 3 is 2.66 bits per heavy atom. The summed E-state index contributed by atoms with van der Waals surface area (Å²) in [4.78, 5) is 13.1. The normalized spacial score (nSPS) is 13.2. The molecular weight excluding hydrogens is 475 g/mol. The molecule has 178 valence electrons. The number of nitrogens with one attached hydrogen (secondary N) is 2. The third-order valence-electron chi connectivity index (χ3n) is 5.45. The van der Waals surface area contributed by atoms with Gasteiger partial charge in [-0.1, -0.05) is 35.9 Å². The van der Waals surface area contributed by atoms with Crippen LogP contribution in [-0.2, 0) is 0 Å². The molecule has 2 amide bonds. The standard InChI is InChI=1S/C24H20ClFN6O3/c1-14-29-30-31-32(14)20-13-16(7-8-19(20)26)27-24(33)28-23(17-4-2-3-5-18(17)25)15-6-9-21-22(12-15)35-11-10-34-21/h2-9,12-13,23H,10-11H2,1H3,(H2,27,28,33). The number of rotatable bonds is 5. The summed E-state index contributed by atoms with van der Waals surface area (Å²) in [5.74, 6) is 1.10. The fourth-order valence-corrected chi connectivity index (χ4v) is 4.04. The minimum absolute atomic E-state index is 0.111. The van der Waals surface area contributed by atoms with Crippen LogP contribution < -0.4 is 20.1 Å². The first-order valence-electron chi connectivity index (χ1n) is 10.8. The fourth-order valence-electron chi connectivity index (χ4n) is 3.79. The average molecular weight is 495 g/mol. The van der Waals surface area contributed by atoms with Crippen LogP contribution in [0.5, 0.6) is 11.5 Å². The Labute approximate surface area is 204 Å². The number of carbonyl (C=O) groups excluding carboxylic acids is 1. The van der Waals surface area contributed by atoms with Crippen LogP contribution >= 0.6 is 11.6 Å². The molecule has 1 unspecified atom stereocenters. The van der Waals surface area contributed by atoms with E-state index in [2.05, 4.69) is 26.2 Å². The molecule has 1 aliphatic heterocycles. The minimum atomic E-state index is -0.596. The first-order valence-corrected chi connectivity index (χ1v) is 11.1. The molecule has 0 saturated carbocycles. The number of amides is 2. The van der Waals surface area contributed by atoms with Crippen LogP contribution in [0.15, 0.2) is 60.7 Å². The number of carbonyl (C=O) groups is 1. The summed E-state index contributed by atoms with van der Waals surface area (Å²) in [5.41, 5.74) is 1.92. The lowest BCUT2D eigenvalue weighted by molar-refractivity contribution is 0.171. The number of urea groups is 1. The summed E-state index contributed by atoms with van der Waals surface area (Å²) in [6.07, 6.45) is 0. The van der Waals surface area contributed by atoms with Gasteiger partial charge in [0.1, 0.15) is 24.7 Å². The largest absolute Gasteiger partial charge is 0.486 e. The van der Waals surface area contributed by atoms with Crippen LogP contribution in [0.1, 0.15) is 23.0 Å². The lowest BCUT2D eigenvalue weighted by Crippen LogP contribution is -2.33. The van der Waals surface area contributed by atoms with Crippen LogP contribution in [-0.4, -0.2) is 39.5 Å². The zero-order chi connectivity index (χ0) is 24.4. The Morgan fingerprint density at radius 1 is 1.09 bits per heavy atom. The van der Waals surface area contributed by atoms with Crippen molar-refractivity contribution in [3.63, 3.8) is 0 Å². The molecule has 1 atom stereocenters. The first-order chi connectivity index (χ1) is 17.0. The topological polar surface area (TPSA) is 103 Å². The van der Waals surface area contributed by atoms with Gasteiger partial charge in [0.15, 0.2) is 17.3 Å². The van der Waals surface area contributed by atoms with Crippen molar-refractivity contribution in [3.05, 3.63) is 88.5 Å². The summed E-state index contributed by atoms with van der Waals surface area (Å²) in [6, 6.07) is 15.7. The number of nitrogens with zero attached hydrogens (tertiary/aromatic N) is 4. The van der Waals surface area contributed by atoms with Gasteiger partial charge in [-0.15, -0.1) is 5.10 Å². The van der Waals surface area contributed by atoms with E-state index in [1.165, 1.54) is 22.9 Å². The Bertz CT molecular complexity index is 1400. The van der Waals surface area contributed by atoms with Gasteiger partial charge in [0.05, 0.1) is 6.04 Å². The third kappa shape index (κ3) is 4.73. The number of tetrazole rings is 1. The molecule has 2 N–H and O–H groups in total. The van der Waals surface area contributed by atoms with Crippen LogP contribution in [0.2, 0.25) is 5.02 Å². The molecular formula is C24H20ClFN6O3. The number of hydrogen-bond acceptors (Lipinski definition) is 6. The van der Waals surface area contributed by atoms with Crippen molar-refractivity contribution in [3.8, 4) is 17.2 Å². The monoisotopic (exact) mass is 494 g/mol. The highest BCUT2D eigenvalue weighted by atomic mass is 35.5. The average Bonchev–Trinajstić information content (AvgIpc) is 3.29. The molecule has 0 radical (unpaired) electrons. The molecule has 0 saturated heterocycles. The van der Waals surface area contributed by atoms with Gasteiger partial charge >= 0.3 is 6.03 Å². The van der Waals surface area contributed by atoms with Gasteiger partial charge in [0, 0.05) is 10.7 Å². The predicted molar refractivity (Wildman–Crippen MR) is 127 cm³/mol. The van der Waals surface area contributed by atoms with E-state index in [0.29, 0.717) is 46.8 Å². The molecule has 5 rings (SSSR count). The Balaban J connectivity index is 1.43. The smallest absolute Gasteiger partial charge is 0.319 e. The van der Waals surface area contributed by atoms with Crippen LogP contribution in [0.4, 0.5) is 14.9 Å². The number of aryl methyl sites for hydroxylation is 1. The lowest BCUT2D eigenvalue weighted by Gasteiger charge is -2.24. The van der Waals surface area contributed by atoms with Crippen molar-refractivity contribution in [2.45, 2.75) is 13.0 Å². The summed E-state index contributed by atoms with van der Waals surface area (Å²) in [5, 5.41) is 17.3. The van der Waals surface area contributed by atoms with Gasteiger partial charge in [-0.2, -0.15) is 4.68 Å². The van der Waals surface area contributed by atoms with Crippen molar-refractivity contribution in [2.75, 3.05) is 18.5 Å². The van der Waals surface area contributed by atoms with Crippen molar-refractivity contribution in [2.24, 2.45) is 0 Å². The highest BCUT2D eigenvalue weighted by Crippen LogP contribution is 2.36. The van der Waals surface area contributed by atoms with E-state index in [-0.39, 0.29) is 5.69 Å². The molecule has 3 aromatic carbocycles. The van der Waals surface area contributed by atoms with E-state index in [4.69, 9.17) is 21.1 Å². The number of halogens is 2. The second-order valence-electron chi connectivity index (χ2n) is 7.76. The molecule has 1 aliphatic rings. The Kier molecular flexibility index (Phi) is 6.19. The third-order valence-corrected chi connectivity index (χ3v) is 5.79. The van der Waals surface area contributed by atoms with E-state index in [9.17, 15) is 9.18 Å². The molecule has 0 bridgehead atoms. The lowest BCUT2D eigenvalue weighted by atomic mass is 9.98. The maximum atomic E-state index is 14.4. The van der Waals surface area contributed by atoms with Crippen LogP contribution in [0.25, 0.3) is 5.69 Å². The van der Waals surface area contributed by atoms with E-state index in [0.717, 1.165) is 5.56 Å². The van der Waals surface area contributed by atoms with E-state index in [1.54, 1.807) is 19.1 Å². The quantitative estimate of drug-likeness (QED) is 0.425.